The monoisotopic (exact) mass is 268 g/mol. The lowest BCUT2D eigenvalue weighted by molar-refractivity contribution is 0.318. The van der Waals surface area contributed by atoms with Crippen LogP contribution in [0.2, 0.25) is 0 Å². The highest BCUT2D eigenvalue weighted by atomic mass is 32.2. The van der Waals surface area contributed by atoms with E-state index >= 15 is 0 Å². The van der Waals surface area contributed by atoms with Gasteiger partial charge in [0.05, 0.1) is 16.9 Å². The Kier molecular flexibility index (Phi) is 5.27. The number of nitrogens with two attached hydrogens (primary N) is 1. The Labute approximate surface area is 112 Å². The van der Waals surface area contributed by atoms with Crippen molar-refractivity contribution in [1.29, 1.82) is 0 Å². The van der Waals surface area contributed by atoms with E-state index in [1.165, 1.54) is 0 Å². The molecule has 0 aromatic carbocycles. The predicted molar refractivity (Wildman–Crippen MR) is 77.9 cm³/mol. The van der Waals surface area contributed by atoms with E-state index in [9.17, 15) is 0 Å². The molecule has 0 aliphatic rings. The molecule has 0 fully saturated rings. The first-order chi connectivity index (χ1) is 8.51. The van der Waals surface area contributed by atoms with Crippen LogP contribution in [-0.4, -0.2) is 41.6 Å². The zero-order valence-electron chi connectivity index (χ0n) is 11.3. The van der Waals surface area contributed by atoms with Crippen molar-refractivity contribution in [1.82, 2.24) is 4.98 Å². The molecule has 0 unspecified atom stereocenters. The number of pyridine rings is 1. The summed E-state index contributed by atoms with van der Waals surface area (Å²) in [6.45, 7) is 4.71. The second-order valence-corrected chi connectivity index (χ2v) is 5.13. The molecule has 1 aromatic rings. The lowest BCUT2D eigenvalue weighted by atomic mass is 10.1. The average Bonchev–Trinajstić information content (AvgIpc) is 2.34. The summed E-state index contributed by atoms with van der Waals surface area (Å²) in [5.74, 6) is 1.12. The van der Waals surface area contributed by atoms with Crippen molar-refractivity contribution in [2.45, 2.75) is 13.8 Å². The lowest BCUT2D eigenvalue weighted by Gasteiger charge is -2.23. The minimum Gasteiger partial charge on any atom is -0.409 e. The number of hydrogen-bond donors (Lipinski definition) is 2. The van der Waals surface area contributed by atoms with Gasteiger partial charge in [-0.3, -0.25) is 4.98 Å². The summed E-state index contributed by atoms with van der Waals surface area (Å²) in [5, 5.41) is 12.0. The molecule has 0 bridgehead atoms. The van der Waals surface area contributed by atoms with E-state index < -0.39 is 0 Å². The first-order valence-corrected chi connectivity index (χ1v) is 7.06. The molecule has 0 atom stereocenters. The van der Waals surface area contributed by atoms with Crippen LogP contribution in [0.4, 0.5) is 5.69 Å². The number of aryl methyl sites for hydroxylation is 2. The molecular formula is C12H20N4OS. The molecule has 1 aromatic heterocycles. The summed E-state index contributed by atoms with van der Waals surface area (Å²) in [4.78, 5) is 6.46. The van der Waals surface area contributed by atoms with E-state index in [1.54, 1.807) is 11.8 Å². The maximum atomic E-state index is 8.88. The van der Waals surface area contributed by atoms with Crippen LogP contribution in [0.5, 0.6) is 0 Å². The summed E-state index contributed by atoms with van der Waals surface area (Å²) in [5.41, 5.74) is 9.09. The fourth-order valence-electron chi connectivity index (χ4n) is 1.82. The van der Waals surface area contributed by atoms with Gasteiger partial charge in [0.2, 0.25) is 0 Å². The number of anilines is 1. The molecule has 0 aliphatic carbocycles. The number of nitrogens with zero attached hydrogens (tertiary/aromatic N) is 3. The van der Waals surface area contributed by atoms with Crippen LogP contribution < -0.4 is 10.6 Å². The van der Waals surface area contributed by atoms with Gasteiger partial charge in [-0.1, -0.05) is 5.16 Å². The molecular weight excluding hydrogens is 248 g/mol. The molecule has 5 nitrogen and oxygen atoms in total. The smallest absolute Gasteiger partial charge is 0.174 e. The van der Waals surface area contributed by atoms with Crippen LogP contribution in [0, 0.1) is 13.8 Å². The summed E-state index contributed by atoms with van der Waals surface area (Å²) in [6, 6.07) is 1.96. The Morgan fingerprint density at radius 3 is 2.78 bits per heavy atom. The zero-order chi connectivity index (χ0) is 13.7. The molecule has 18 heavy (non-hydrogen) atoms. The Balaban J connectivity index is 3.23. The van der Waals surface area contributed by atoms with E-state index in [-0.39, 0.29) is 5.84 Å². The van der Waals surface area contributed by atoms with Crippen molar-refractivity contribution in [3.63, 3.8) is 0 Å². The van der Waals surface area contributed by atoms with Crippen molar-refractivity contribution in [2.24, 2.45) is 10.9 Å². The standard InChI is InChI=1S/C12H20N4OS/c1-8-7-10(16(3)5-6-18-4)11(9(2)14-8)12(13)15-17/h7,17H,5-6H2,1-4H3,(H2,13,15). The van der Waals surface area contributed by atoms with Crippen molar-refractivity contribution in [2.75, 3.05) is 30.5 Å². The number of hydrogen-bond acceptors (Lipinski definition) is 5. The number of thioether (sulfide) groups is 1. The topological polar surface area (TPSA) is 74.7 Å². The van der Waals surface area contributed by atoms with Crippen LogP contribution in [0.3, 0.4) is 0 Å². The van der Waals surface area contributed by atoms with Gasteiger partial charge in [-0.05, 0) is 26.2 Å². The third-order valence-electron chi connectivity index (χ3n) is 2.71. The number of amidine groups is 1. The minimum atomic E-state index is 0.103. The molecule has 3 N–H and O–H groups in total. The van der Waals surface area contributed by atoms with E-state index in [0.717, 1.165) is 29.4 Å². The van der Waals surface area contributed by atoms with Crippen molar-refractivity contribution in [3.8, 4) is 0 Å². The highest BCUT2D eigenvalue weighted by Gasteiger charge is 2.15. The maximum absolute atomic E-state index is 8.88. The highest BCUT2D eigenvalue weighted by molar-refractivity contribution is 7.98. The molecule has 1 heterocycles. The van der Waals surface area contributed by atoms with Crippen LogP contribution in [-0.2, 0) is 0 Å². The second kappa shape index (κ2) is 6.49. The molecule has 0 radical (unpaired) electrons. The normalized spacial score (nSPS) is 11.7. The Bertz CT molecular complexity index is 448. The third kappa shape index (κ3) is 3.29. The predicted octanol–water partition coefficient (Wildman–Crippen LogP) is 1.59. The Hall–Kier alpha value is -1.43. The molecule has 0 saturated carbocycles. The molecule has 1 rings (SSSR count). The lowest BCUT2D eigenvalue weighted by Crippen LogP contribution is -2.26. The fraction of sp³-hybridized carbons (Fsp3) is 0.500. The molecule has 0 aliphatic heterocycles. The van der Waals surface area contributed by atoms with Gasteiger partial charge in [0.25, 0.3) is 0 Å². The fourth-order valence-corrected chi connectivity index (χ4v) is 2.28. The van der Waals surface area contributed by atoms with Gasteiger partial charge in [0.15, 0.2) is 5.84 Å². The molecule has 6 heteroatoms. The van der Waals surface area contributed by atoms with Crippen LogP contribution in [0.15, 0.2) is 11.2 Å². The minimum absolute atomic E-state index is 0.103. The summed E-state index contributed by atoms with van der Waals surface area (Å²) >= 11 is 1.78. The van der Waals surface area contributed by atoms with E-state index in [4.69, 9.17) is 10.9 Å². The quantitative estimate of drug-likeness (QED) is 0.367. The third-order valence-corrected chi connectivity index (χ3v) is 3.30. The average molecular weight is 268 g/mol. The zero-order valence-corrected chi connectivity index (χ0v) is 12.1. The van der Waals surface area contributed by atoms with Gasteiger partial charge in [-0.25, -0.2) is 0 Å². The first-order valence-electron chi connectivity index (χ1n) is 5.67. The van der Waals surface area contributed by atoms with Crippen molar-refractivity contribution < 1.29 is 5.21 Å². The molecule has 0 saturated heterocycles. The van der Waals surface area contributed by atoms with E-state index in [1.807, 2.05) is 27.0 Å². The largest absolute Gasteiger partial charge is 0.409 e. The van der Waals surface area contributed by atoms with Gasteiger partial charge < -0.3 is 15.8 Å². The molecule has 0 spiro atoms. The van der Waals surface area contributed by atoms with E-state index in [0.29, 0.717) is 5.56 Å². The van der Waals surface area contributed by atoms with Crippen molar-refractivity contribution in [3.05, 3.63) is 23.0 Å². The summed E-state index contributed by atoms with van der Waals surface area (Å²) < 4.78 is 0. The number of rotatable bonds is 5. The van der Waals surface area contributed by atoms with Crippen LogP contribution >= 0.6 is 11.8 Å². The number of oxime groups is 1. The molecule has 0 amide bonds. The van der Waals surface area contributed by atoms with Gasteiger partial charge in [0.1, 0.15) is 0 Å². The Morgan fingerprint density at radius 1 is 1.56 bits per heavy atom. The highest BCUT2D eigenvalue weighted by Crippen LogP contribution is 2.23. The molecule has 100 valence electrons. The van der Waals surface area contributed by atoms with Gasteiger partial charge in [0, 0.05) is 25.0 Å². The second-order valence-electron chi connectivity index (χ2n) is 4.14. The first kappa shape index (κ1) is 14.6. The summed E-state index contributed by atoms with van der Waals surface area (Å²) in [7, 11) is 2.00. The van der Waals surface area contributed by atoms with Crippen LogP contribution in [0.1, 0.15) is 17.0 Å². The van der Waals surface area contributed by atoms with Gasteiger partial charge in [-0.15, -0.1) is 0 Å². The SMILES string of the molecule is CSCCN(C)c1cc(C)nc(C)c1/C(N)=N/O. The van der Waals surface area contributed by atoms with Crippen LogP contribution in [0.25, 0.3) is 0 Å². The van der Waals surface area contributed by atoms with E-state index in [2.05, 4.69) is 21.3 Å². The Morgan fingerprint density at radius 2 is 2.22 bits per heavy atom. The maximum Gasteiger partial charge on any atom is 0.174 e. The van der Waals surface area contributed by atoms with Gasteiger partial charge in [-0.2, -0.15) is 11.8 Å². The van der Waals surface area contributed by atoms with Crippen molar-refractivity contribution >= 4 is 23.3 Å². The summed E-state index contributed by atoms with van der Waals surface area (Å²) in [6.07, 6.45) is 2.07. The number of aromatic nitrogens is 1. The van der Waals surface area contributed by atoms with Gasteiger partial charge >= 0.3 is 0 Å².